The van der Waals surface area contributed by atoms with Crippen LogP contribution in [0.5, 0.6) is 0 Å². The zero-order valence-electron chi connectivity index (χ0n) is 18.6. The van der Waals surface area contributed by atoms with Crippen LogP contribution in [-0.4, -0.2) is 52.0 Å². The number of anilines is 3. The lowest BCUT2D eigenvalue weighted by molar-refractivity contribution is 0.100. The molecule has 0 saturated heterocycles. The van der Waals surface area contributed by atoms with E-state index >= 15 is 4.39 Å². The molecule has 0 spiro atoms. The number of nitrogens with two attached hydrogens (primary N) is 1. The molecule has 2 unspecified atom stereocenters. The minimum Gasteiger partial charge on any atom is -0.365 e. The second kappa shape index (κ2) is 9.86. The van der Waals surface area contributed by atoms with E-state index in [4.69, 9.17) is 5.73 Å². The van der Waals surface area contributed by atoms with Gasteiger partial charge in [0, 0.05) is 43.3 Å². The fourth-order valence-electron chi connectivity index (χ4n) is 4.29. The Morgan fingerprint density at radius 1 is 1.18 bits per heavy atom. The molecule has 0 bridgehead atoms. The molecule has 1 fully saturated rings. The summed E-state index contributed by atoms with van der Waals surface area (Å²) in [5.74, 6) is -0.548. The summed E-state index contributed by atoms with van der Waals surface area (Å²) >= 11 is 0. The minimum absolute atomic E-state index is 0.0418. The van der Waals surface area contributed by atoms with Crippen molar-refractivity contribution < 1.29 is 9.18 Å². The maximum absolute atomic E-state index is 15.1. The fraction of sp³-hybridized carbons (Fsp3) is 0.348. The number of carbonyl (C=O) groups excluding carboxylic acids is 1. The van der Waals surface area contributed by atoms with Crippen molar-refractivity contribution in [1.82, 2.24) is 25.3 Å². The Bertz CT molecular complexity index is 1130. The van der Waals surface area contributed by atoms with Crippen LogP contribution in [0, 0.1) is 5.82 Å². The molecule has 1 amide bonds. The summed E-state index contributed by atoms with van der Waals surface area (Å²) in [4.78, 5) is 31.1. The molecule has 1 aliphatic rings. The largest absolute Gasteiger partial charge is 0.365 e. The van der Waals surface area contributed by atoms with Gasteiger partial charge in [0.2, 0.25) is 0 Å². The normalized spacial score (nSPS) is 18.0. The first-order chi connectivity index (χ1) is 16.0. The maximum atomic E-state index is 15.1. The topological polar surface area (TPSA) is 122 Å². The highest BCUT2D eigenvalue weighted by atomic mass is 19.1. The van der Waals surface area contributed by atoms with Crippen LogP contribution in [0.25, 0.3) is 11.4 Å². The first kappa shape index (κ1) is 22.5. The summed E-state index contributed by atoms with van der Waals surface area (Å²) in [6.45, 7) is 0. The van der Waals surface area contributed by atoms with Crippen molar-refractivity contribution in [2.45, 2.75) is 37.8 Å². The van der Waals surface area contributed by atoms with Crippen LogP contribution in [0.15, 0.2) is 43.0 Å². The Labute approximate surface area is 191 Å². The second-order valence-electron chi connectivity index (χ2n) is 8.07. The van der Waals surface area contributed by atoms with E-state index in [1.807, 2.05) is 19.0 Å². The number of aromatic nitrogens is 4. The van der Waals surface area contributed by atoms with Crippen LogP contribution < -0.4 is 21.3 Å². The van der Waals surface area contributed by atoms with Gasteiger partial charge in [0.15, 0.2) is 17.5 Å². The lowest BCUT2D eigenvalue weighted by Crippen LogP contribution is -2.50. The van der Waals surface area contributed by atoms with Gasteiger partial charge in [-0.2, -0.15) is 0 Å². The highest BCUT2D eigenvalue weighted by molar-refractivity contribution is 5.98. The van der Waals surface area contributed by atoms with E-state index in [-0.39, 0.29) is 29.3 Å². The van der Waals surface area contributed by atoms with Crippen molar-refractivity contribution in [2.75, 3.05) is 24.3 Å². The number of hydrogen-bond donors (Lipinski definition) is 3. The van der Waals surface area contributed by atoms with E-state index in [0.29, 0.717) is 17.1 Å². The van der Waals surface area contributed by atoms with Crippen LogP contribution in [0.4, 0.5) is 21.7 Å². The summed E-state index contributed by atoms with van der Waals surface area (Å²) in [6.07, 6.45) is 10.6. The molecular formula is C23H27FN8O. The van der Waals surface area contributed by atoms with E-state index in [1.165, 1.54) is 0 Å². The number of nitrogens with zero attached hydrogens (tertiary/aromatic N) is 5. The quantitative estimate of drug-likeness (QED) is 0.502. The van der Waals surface area contributed by atoms with E-state index in [9.17, 15) is 4.79 Å². The van der Waals surface area contributed by atoms with Gasteiger partial charge in [-0.15, -0.1) is 0 Å². The predicted molar refractivity (Wildman–Crippen MR) is 125 cm³/mol. The summed E-state index contributed by atoms with van der Waals surface area (Å²) < 4.78 is 15.1. The summed E-state index contributed by atoms with van der Waals surface area (Å²) in [5.41, 5.74) is 6.71. The Morgan fingerprint density at radius 2 is 1.94 bits per heavy atom. The van der Waals surface area contributed by atoms with Crippen LogP contribution in [0.2, 0.25) is 0 Å². The first-order valence-electron chi connectivity index (χ1n) is 10.9. The molecule has 4 N–H and O–H groups in total. The number of amides is 1. The molecular weight excluding hydrogens is 423 g/mol. The van der Waals surface area contributed by atoms with Crippen molar-refractivity contribution in [3.8, 4) is 11.4 Å². The smallest absolute Gasteiger partial charge is 0.252 e. The highest BCUT2D eigenvalue weighted by Crippen LogP contribution is 2.30. The summed E-state index contributed by atoms with van der Waals surface area (Å²) in [7, 11) is 3.74. The molecule has 3 aromatic rings. The van der Waals surface area contributed by atoms with E-state index < -0.39 is 11.7 Å². The third-order valence-electron chi connectivity index (χ3n) is 5.98. The second-order valence-corrected chi connectivity index (χ2v) is 8.07. The Morgan fingerprint density at radius 3 is 2.67 bits per heavy atom. The van der Waals surface area contributed by atoms with Gasteiger partial charge in [0.05, 0.1) is 17.4 Å². The molecule has 0 aliphatic heterocycles. The molecule has 0 radical (unpaired) electrons. The molecule has 3 aromatic heterocycles. The Kier molecular flexibility index (Phi) is 6.74. The lowest BCUT2D eigenvalue weighted by Gasteiger charge is -2.38. The number of likely N-dealkylation sites (N-methyl/N-ethyl adjacent to an activating group) is 2. The zero-order valence-corrected chi connectivity index (χ0v) is 18.6. The molecule has 2 atom stereocenters. The number of nitrogens with one attached hydrogen (secondary N) is 2. The van der Waals surface area contributed by atoms with Crippen molar-refractivity contribution in [3.05, 3.63) is 54.4 Å². The standard InChI is InChI=1S/C23H27FN8O/c1-26-18-6-3-4-7-19(18)32(2)23-17(24)11-16(20(25)33)22(31-23)30-15-10-14(12-27-13-15)21-28-8-5-9-29-21/h5,8-13,18-19,26H,3-4,6-7H2,1-2H3,(H2,25,33)(H,30,31). The molecule has 3 heterocycles. The number of primary amides is 1. The predicted octanol–water partition coefficient (Wildman–Crippen LogP) is 2.88. The average Bonchev–Trinajstić information content (AvgIpc) is 2.85. The average molecular weight is 451 g/mol. The molecule has 1 saturated carbocycles. The molecule has 172 valence electrons. The number of pyridine rings is 2. The molecule has 1 aliphatic carbocycles. The van der Waals surface area contributed by atoms with Crippen LogP contribution in [0.1, 0.15) is 36.0 Å². The fourth-order valence-corrected chi connectivity index (χ4v) is 4.29. The van der Waals surface area contributed by atoms with Crippen molar-refractivity contribution in [2.24, 2.45) is 5.73 Å². The number of carbonyl (C=O) groups is 1. The molecule has 33 heavy (non-hydrogen) atoms. The monoisotopic (exact) mass is 450 g/mol. The number of halogens is 1. The van der Waals surface area contributed by atoms with Crippen LogP contribution in [0.3, 0.4) is 0 Å². The van der Waals surface area contributed by atoms with Crippen molar-refractivity contribution in [1.29, 1.82) is 0 Å². The van der Waals surface area contributed by atoms with E-state index in [1.54, 1.807) is 36.9 Å². The SMILES string of the molecule is CNC1CCCCC1N(C)c1nc(Nc2cncc(-c3ncccn3)c2)c(C(N)=O)cc1F. The Balaban J connectivity index is 1.69. The minimum atomic E-state index is -0.778. The highest BCUT2D eigenvalue weighted by Gasteiger charge is 2.30. The van der Waals surface area contributed by atoms with Crippen LogP contribution in [-0.2, 0) is 0 Å². The van der Waals surface area contributed by atoms with Gasteiger partial charge in [0.1, 0.15) is 5.82 Å². The van der Waals surface area contributed by atoms with Crippen molar-refractivity contribution >= 4 is 23.2 Å². The first-order valence-corrected chi connectivity index (χ1v) is 10.9. The number of hydrogen-bond acceptors (Lipinski definition) is 8. The third kappa shape index (κ3) is 4.90. The van der Waals surface area contributed by atoms with E-state index in [2.05, 4.69) is 30.6 Å². The van der Waals surface area contributed by atoms with Gasteiger partial charge >= 0.3 is 0 Å². The van der Waals surface area contributed by atoms with Gasteiger partial charge in [-0.1, -0.05) is 12.8 Å². The van der Waals surface area contributed by atoms with Gasteiger partial charge in [-0.3, -0.25) is 9.78 Å². The summed E-state index contributed by atoms with van der Waals surface area (Å²) in [6, 6.07) is 4.95. The van der Waals surface area contributed by atoms with Gasteiger partial charge < -0.3 is 21.3 Å². The van der Waals surface area contributed by atoms with E-state index in [0.717, 1.165) is 31.7 Å². The molecule has 10 heteroatoms. The Hall–Kier alpha value is -3.66. The molecule has 0 aromatic carbocycles. The lowest BCUT2D eigenvalue weighted by atomic mass is 9.89. The molecule has 9 nitrogen and oxygen atoms in total. The number of rotatable bonds is 7. The van der Waals surface area contributed by atoms with Gasteiger partial charge in [0.25, 0.3) is 5.91 Å². The van der Waals surface area contributed by atoms with Gasteiger partial charge in [-0.25, -0.2) is 19.3 Å². The third-order valence-corrected chi connectivity index (χ3v) is 5.98. The summed E-state index contributed by atoms with van der Waals surface area (Å²) in [5, 5.41) is 6.40. The van der Waals surface area contributed by atoms with Gasteiger partial charge in [-0.05, 0) is 38.1 Å². The maximum Gasteiger partial charge on any atom is 0.252 e. The van der Waals surface area contributed by atoms with Crippen molar-refractivity contribution in [3.63, 3.8) is 0 Å². The zero-order chi connectivity index (χ0) is 23.4. The van der Waals surface area contributed by atoms with Crippen LogP contribution >= 0.6 is 0 Å². The molecule has 4 rings (SSSR count).